The molecule has 0 bridgehead atoms. The Hall–Kier alpha value is -7.03. The van der Waals surface area contributed by atoms with Crippen LogP contribution in [0.5, 0.6) is 0 Å². The van der Waals surface area contributed by atoms with Gasteiger partial charge in [-0.3, -0.25) is 0 Å². The van der Waals surface area contributed by atoms with Crippen molar-refractivity contribution in [1.82, 2.24) is 0 Å². The van der Waals surface area contributed by atoms with E-state index >= 15 is 0 Å². The van der Waals surface area contributed by atoms with Crippen molar-refractivity contribution >= 4 is 43.9 Å². The quantitative estimate of drug-likeness (QED) is 0.129. The second kappa shape index (κ2) is 13.9. The van der Waals surface area contributed by atoms with Crippen LogP contribution in [-0.4, -0.2) is 5.84 Å². The number of rotatable bonds is 7. The summed E-state index contributed by atoms with van der Waals surface area (Å²) in [4.78, 5) is 5.11. The molecule has 9 aromatic rings. The molecule has 10 rings (SSSR count). The average Bonchev–Trinajstić information content (AvgIpc) is 3.49. The third kappa shape index (κ3) is 5.93. The molecule has 1 aliphatic rings. The maximum atomic E-state index is 6.70. The van der Waals surface area contributed by atoms with E-state index in [2.05, 4.69) is 178 Å². The third-order valence-electron chi connectivity index (χ3n) is 11.9. The molecule has 272 valence electrons. The number of nitrogens with two attached hydrogens (primary N) is 1. The predicted molar refractivity (Wildman–Crippen MR) is 243 cm³/mol. The molecule has 0 aliphatic heterocycles. The maximum absolute atomic E-state index is 6.70. The van der Waals surface area contributed by atoms with Crippen LogP contribution in [0.25, 0.3) is 71.4 Å². The molecular weight excluding hydrogens is 689 g/mol. The van der Waals surface area contributed by atoms with Crippen LogP contribution >= 0.6 is 0 Å². The highest BCUT2D eigenvalue weighted by Gasteiger charge is 2.38. The van der Waals surface area contributed by atoms with E-state index in [4.69, 9.17) is 10.7 Å². The van der Waals surface area contributed by atoms with Crippen LogP contribution < -0.4 is 5.73 Å². The zero-order valence-corrected chi connectivity index (χ0v) is 32.2. The summed E-state index contributed by atoms with van der Waals surface area (Å²) in [5, 5.41) is 7.37. The van der Waals surface area contributed by atoms with Crippen molar-refractivity contribution < 1.29 is 0 Å². The number of aliphatic imine (C=N–C) groups is 1. The van der Waals surface area contributed by atoms with Crippen molar-refractivity contribution in [2.75, 3.05) is 0 Å². The highest BCUT2D eigenvalue weighted by atomic mass is 14.9. The topological polar surface area (TPSA) is 38.4 Å². The molecule has 0 amide bonds. The highest BCUT2D eigenvalue weighted by Crippen LogP contribution is 2.54. The van der Waals surface area contributed by atoms with Crippen LogP contribution in [-0.2, 0) is 11.8 Å². The molecule has 57 heavy (non-hydrogen) atoms. The Morgan fingerprint density at radius 3 is 1.67 bits per heavy atom. The molecular formula is C55H42N2. The number of hydrogen-bond donors (Lipinski definition) is 1. The number of benzene rings is 9. The summed E-state index contributed by atoms with van der Waals surface area (Å²) >= 11 is 0. The highest BCUT2D eigenvalue weighted by molar-refractivity contribution is 6.12. The van der Waals surface area contributed by atoms with Gasteiger partial charge in [-0.25, -0.2) is 4.99 Å². The van der Waals surface area contributed by atoms with Gasteiger partial charge in [0.2, 0.25) is 0 Å². The maximum Gasteiger partial charge on any atom is 0.131 e. The van der Waals surface area contributed by atoms with Gasteiger partial charge in [-0.2, -0.15) is 0 Å². The van der Waals surface area contributed by atoms with Gasteiger partial charge in [-0.1, -0.05) is 196 Å². The summed E-state index contributed by atoms with van der Waals surface area (Å²) in [5.41, 5.74) is 21.0. The zero-order valence-electron chi connectivity index (χ0n) is 32.2. The predicted octanol–water partition coefficient (Wildman–Crippen LogP) is 13.8. The van der Waals surface area contributed by atoms with Crippen molar-refractivity contribution in [2.24, 2.45) is 10.7 Å². The number of hydrogen-bond acceptors (Lipinski definition) is 1. The summed E-state index contributed by atoms with van der Waals surface area (Å²) in [7, 11) is 0. The molecule has 0 spiro atoms. The van der Waals surface area contributed by atoms with Crippen LogP contribution in [0, 0.1) is 0 Å². The standard InChI is InChI=1S/C55H42N2/c1-55(2)51-35-39-21-10-9-20-38(39)34-50(51)49-27-15-26-48(53(49)55)46-30-29-44(40-22-11-12-23-41(40)46)45-31-32-47(43-25-14-13-24-42(43)45)52(33-28-36-16-5-3-6-17-36)57-54(56)37-18-7-4-8-19-37/h3-27,29-35H,28H2,1-2H3,(H2,56,57)/b52-33-. The Bertz CT molecular complexity index is 3060. The monoisotopic (exact) mass is 730 g/mol. The summed E-state index contributed by atoms with van der Waals surface area (Å²) in [6.07, 6.45) is 2.95. The first-order valence-electron chi connectivity index (χ1n) is 19.8. The zero-order chi connectivity index (χ0) is 38.5. The Balaban J connectivity index is 1.12. The van der Waals surface area contributed by atoms with Gasteiger partial charge in [0, 0.05) is 16.5 Å². The van der Waals surface area contributed by atoms with E-state index in [0.717, 1.165) is 28.6 Å². The summed E-state index contributed by atoms with van der Waals surface area (Å²) in [5.74, 6) is 0.497. The molecule has 0 atom stereocenters. The van der Waals surface area contributed by atoms with E-state index < -0.39 is 0 Å². The van der Waals surface area contributed by atoms with E-state index in [1.54, 1.807) is 0 Å². The molecule has 2 nitrogen and oxygen atoms in total. The molecule has 0 fully saturated rings. The molecule has 2 heteroatoms. The van der Waals surface area contributed by atoms with E-state index in [9.17, 15) is 0 Å². The number of allylic oxidation sites excluding steroid dienone is 1. The van der Waals surface area contributed by atoms with Crippen molar-refractivity contribution in [3.05, 3.63) is 222 Å². The first-order valence-corrected chi connectivity index (χ1v) is 19.8. The van der Waals surface area contributed by atoms with E-state index in [0.29, 0.717) is 5.84 Å². The van der Waals surface area contributed by atoms with Crippen molar-refractivity contribution in [3.8, 4) is 33.4 Å². The summed E-state index contributed by atoms with van der Waals surface area (Å²) in [6, 6.07) is 67.7. The molecule has 0 heterocycles. The Labute approximate surface area is 334 Å². The van der Waals surface area contributed by atoms with E-state index in [-0.39, 0.29) is 5.41 Å². The SMILES string of the molecule is CC1(C)c2cc3ccccc3cc2-c2cccc(-c3ccc(-c4ccc(/C(=C/Cc5ccccc5)N=C(N)c5ccccc5)c5ccccc45)c4ccccc34)c21. The first kappa shape index (κ1) is 34.5. The minimum atomic E-state index is -0.158. The molecule has 2 N–H and O–H groups in total. The summed E-state index contributed by atoms with van der Waals surface area (Å²) < 4.78 is 0. The first-order chi connectivity index (χ1) is 28.0. The molecule has 0 radical (unpaired) electrons. The van der Waals surface area contributed by atoms with Crippen LogP contribution in [0.3, 0.4) is 0 Å². The summed E-state index contributed by atoms with van der Waals surface area (Å²) in [6.45, 7) is 4.78. The largest absolute Gasteiger partial charge is 0.383 e. The minimum absolute atomic E-state index is 0.158. The van der Waals surface area contributed by atoms with Gasteiger partial charge >= 0.3 is 0 Å². The lowest BCUT2D eigenvalue weighted by molar-refractivity contribution is 0.663. The van der Waals surface area contributed by atoms with Crippen molar-refractivity contribution in [2.45, 2.75) is 25.7 Å². The van der Waals surface area contributed by atoms with Crippen molar-refractivity contribution in [3.63, 3.8) is 0 Å². The molecule has 9 aromatic carbocycles. The Kier molecular flexibility index (Phi) is 8.42. The second-order valence-electron chi connectivity index (χ2n) is 15.7. The van der Waals surface area contributed by atoms with Gasteiger partial charge in [-0.15, -0.1) is 0 Å². The minimum Gasteiger partial charge on any atom is -0.383 e. The fraction of sp³-hybridized carbons (Fsp3) is 0.0727. The van der Waals surface area contributed by atoms with Gasteiger partial charge in [0.25, 0.3) is 0 Å². The van der Waals surface area contributed by atoms with E-state index in [1.807, 2.05) is 30.3 Å². The lowest BCUT2D eigenvalue weighted by Crippen LogP contribution is -2.16. The molecule has 0 aromatic heterocycles. The third-order valence-corrected chi connectivity index (χ3v) is 11.9. The van der Waals surface area contributed by atoms with Crippen LogP contribution in [0.15, 0.2) is 199 Å². The van der Waals surface area contributed by atoms with Gasteiger partial charge < -0.3 is 5.73 Å². The fourth-order valence-electron chi connectivity index (χ4n) is 9.16. The van der Waals surface area contributed by atoms with Crippen LogP contribution in [0.2, 0.25) is 0 Å². The number of fused-ring (bicyclic) bond motifs is 6. The normalized spacial score (nSPS) is 13.6. The molecule has 1 aliphatic carbocycles. The second-order valence-corrected chi connectivity index (χ2v) is 15.7. The average molecular weight is 731 g/mol. The smallest absolute Gasteiger partial charge is 0.131 e. The lowest BCUT2D eigenvalue weighted by Gasteiger charge is -2.25. The fourth-order valence-corrected chi connectivity index (χ4v) is 9.16. The Morgan fingerprint density at radius 1 is 0.491 bits per heavy atom. The van der Waals surface area contributed by atoms with E-state index in [1.165, 1.54) is 77.0 Å². The van der Waals surface area contributed by atoms with Crippen LogP contribution in [0.1, 0.15) is 41.7 Å². The number of nitrogens with zero attached hydrogens (tertiary/aromatic N) is 1. The molecule has 0 saturated heterocycles. The van der Waals surface area contributed by atoms with Gasteiger partial charge in [-0.05, 0) is 101 Å². The lowest BCUT2D eigenvalue weighted by atomic mass is 9.77. The van der Waals surface area contributed by atoms with Gasteiger partial charge in [0.15, 0.2) is 0 Å². The van der Waals surface area contributed by atoms with Gasteiger partial charge in [0.1, 0.15) is 5.84 Å². The molecule has 0 saturated carbocycles. The Morgan fingerprint density at radius 2 is 1.00 bits per heavy atom. The van der Waals surface area contributed by atoms with Crippen molar-refractivity contribution in [1.29, 1.82) is 0 Å². The van der Waals surface area contributed by atoms with Gasteiger partial charge in [0.05, 0.1) is 5.70 Å². The molecule has 0 unspecified atom stereocenters. The van der Waals surface area contributed by atoms with Crippen LogP contribution in [0.4, 0.5) is 0 Å². The number of amidine groups is 1.